The number of allylic oxidation sites excluding steroid dienone is 2. The van der Waals surface area contributed by atoms with Gasteiger partial charge in [-0.3, -0.25) is 9.79 Å². The van der Waals surface area contributed by atoms with Gasteiger partial charge in [0.15, 0.2) is 17.2 Å². The number of fused-ring (bicyclic) bond motifs is 1. The van der Waals surface area contributed by atoms with Crippen LogP contribution in [0.2, 0.25) is 5.02 Å². The first kappa shape index (κ1) is 23.4. The van der Waals surface area contributed by atoms with Crippen molar-refractivity contribution in [3.8, 4) is 5.75 Å². The molecule has 6 rings (SSSR count). The van der Waals surface area contributed by atoms with E-state index < -0.39 is 6.10 Å². The van der Waals surface area contributed by atoms with Crippen LogP contribution in [0.5, 0.6) is 5.75 Å². The van der Waals surface area contributed by atoms with Crippen molar-refractivity contribution in [3.05, 3.63) is 63.3 Å². The van der Waals surface area contributed by atoms with Gasteiger partial charge >= 0.3 is 0 Å². The number of anilines is 2. The third-order valence-corrected chi connectivity index (χ3v) is 7.31. The predicted molar refractivity (Wildman–Crippen MR) is 141 cm³/mol. The quantitative estimate of drug-likeness (QED) is 0.276. The molecular weight excluding hydrogens is 496 g/mol. The average molecular weight is 521 g/mol. The highest BCUT2D eigenvalue weighted by Gasteiger charge is 2.33. The summed E-state index contributed by atoms with van der Waals surface area (Å²) in [4.78, 5) is 26.3. The summed E-state index contributed by atoms with van der Waals surface area (Å²) in [5.74, 6) is 1.28. The van der Waals surface area contributed by atoms with E-state index >= 15 is 0 Å². The van der Waals surface area contributed by atoms with Gasteiger partial charge in [0.1, 0.15) is 21.9 Å². The lowest BCUT2D eigenvalue weighted by Crippen LogP contribution is -2.39. The van der Waals surface area contributed by atoms with Gasteiger partial charge in [0.25, 0.3) is 5.56 Å². The van der Waals surface area contributed by atoms with Gasteiger partial charge in [-0.05, 0) is 43.2 Å². The number of ether oxygens (including phenoxy) is 1. The Hall–Kier alpha value is -3.96. The number of nitrogens with zero attached hydrogens (tertiary/aromatic N) is 5. The summed E-state index contributed by atoms with van der Waals surface area (Å²) in [5.41, 5.74) is 2.65. The van der Waals surface area contributed by atoms with Crippen molar-refractivity contribution in [2.45, 2.75) is 43.7 Å². The zero-order chi connectivity index (χ0) is 25.7. The van der Waals surface area contributed by atoms with E-state index in [-0.39, 0.29) is 28.1 Å². The molecule has 0 aromatic carbocycles. The van der Waals surface area contributed by atoms with E-state index in [1.807, 2.05) is 12.3 Å². The summed E-state index contributed by atoms with van der Waals surface area (Å²) < 4.78 is 9.25. The maximum Gasteiger partial charge on any atom is 0.274 e. The molecular formula is C25H25ClN8O3. The highest BCUT2D eigenvalue weighted by atomic mass is 35.5. The summed E-state index contributed by atoms with van der Waals surface area (Å²) in [5, 5.41) is 24.3. The van der Waals surface area contributed by atoms with Crippen LogP contribution in [0.15, 0.2) is 52.1 Å². The molecule has 0 amide bonds. The minimum absolute atomic E-state index is 0.207. The fourth-order valence-corrected chi connectivity index (χ4v) is 4.84. The van der Waals surface area contributed by atoms with Gasteiger partial charge < -0.3 is 35.0 Å². The van der Waals surface area contributed by atoms with Gasteiger partial charge in [-0.25, -0.2) is 4.98 Å². The van der Waals surface area contributed by atoms with Crippen LogP contribution in [-0.4, -0.2) is 42.7 Å². The number of aliphatic hydroxyl groups excluding tert-OH is 1. The Morgan fingerprint density at radius 1 is 1.35 bits per heavy atom. The number of hydrogen-bond donors (Lipinski definition) is 4. The summed E-state index contributed by atoms with van der Waals surface area (Å²) in [6.45, 7) is 0. The summed E-state index contributed by atoms with van der Waals surface area (Å²) in [7, 11) is 1.77. The SMILES string of the molecule is Cn1c(Nc2cc(C3CC3)cn([C@H]3CC[C@@H]3O)c2=O)nc2ncc(O/C(C=N)=C3\C=NC=CN3)c(Cl)c21. The molecule has 2 fully saturated rings. The third kappa shape index (κ3) is 4.19. The van der Waals surface area contributed by atoms with Crippen molar-refractivity contribution in [1.29, 1.82) is 5.41 Å². The monoisotopic (exact) mass is 520 g/mol. The number of hydrogen-bond acceptors (Lipinski definition) is 9. The minimum atomic E-state index is -0.510. The molecule has 2 atom stereocenters. The second-order valence-corrected chi connectivity index (χ2v) is 9.75. The summed E-state index contributed by atoms with van der Waals surface area (Å²) in [6, 6.07) is 1.67. The van der Waals surface area contributed by atoms with Crippen LogP contribution in [0.1, 0.15) is 43.2 Å². The topological polar surface area (TPSA) is 142 Å². The molecule has 0 bridgehead atoms. The van der Waals surface area contributed by atoms with Crippen LogP contribution in [0.25, 0.3) is 11.2 Å². The van der Waals surface area contributed by atoms with Gasteiger partial charge in [0.05, 0.1) is 30.8 Å². The van der Waals surface area contributed by atoms with Gasteiger partial charge in [0, 0.05) is 25.6 Å². The molecule has 2 aliphatic carbocycles. The zero-order valence-corrected chi connectivity index (χ0v) is 20.7. The molecule has 3 aromatic heterocycles. The van der Waals surface area contributed by atoms with Crippen molar-refractivity contribution in [3.63, 3.8) is 0 Å². The zero-order valence-electron chi connectivity index (χ0n) is 20.0. The summed E-state index contributed by atoms with van der Waals surface area (Å²) in [6.07, 6.45) is 12.3. The van der Waals surface area contributed by atoms with Crippen LogP contribution in [0, 0.1) is 5.41 Å². The average Bonchev–Trinajstić information content (AvgIpc) is 3.70. The lowest BCUT2D eigenvalue weighted by molar-refractivity contribution is 0.0299. The largest absolute Gasteiger partial charge is 0.450 e. The first-order chi connectivity index (χ1) is 17.9. The smallest absolute Gasteiger partial charge is 0.274 e. The molecule has 4 N–H and O–H groups in total. The molecule has 11 nitrogen and oxygen atoms in total. The molecule has 0 unspecified atom stereocenters. The van der Waals surface area contributed by atoms with Crippen LogP contribution in [0.4, 0.5) is 11.6 Å². The van der Waals surface area contributed by atoms with Crippen LogP contribution in [-0.2, 0) is 7.05 Å². The number of pyridine rings is 2. The van der Waals surface area contributed by atoms with Crippen molar-refractivity contribution >= 4 is 46.8 Å². The number of aliphatic imine (C=N–C) groups is 1. The van der Waals surface area contributed by atoms with Crippen molar-refractivity contribution in [2.24, 2.45) is 12.0 Å². The number of aliphatic hydroxyl groups is 1. The Balaban J connectivity index is 1.36. The normalized spacial score (nSPS) is 21.9. The van der Waals surface area contributed by atoms with Crippen LogP contribution < -0.4 is 20.9 Å². The molecule has 37 heavy (non-hydrogen) atoms. The first-order valence-electron chi connectivity index (χ1n) is 12.0. The standard InChI is InChI=1S/C25H25ClN8O3/c1-33-22-21(26)20(37-19(9-27)16-10-28-6-7-29-16)11-30-23(22)32-25(33)31-15-8-14(13-2-3-13)12-34(24(15)36)17-4-5-18(17)35/h6-13,17-18,27,29,35H,2-5H2,1H3,(H,30,31,32)/b19-16+,27-9?/t17-,18-/m0/s1. The Morgan fingerprint density at radius 3 is 2.84 bits per heavy atom. The van der Waals surface area contributed by atoms with Crippen molar-refractivity contribution in [2.75, 3.05) is 5.32 Å². The van der Waals surface area contributed by atoms with E-state index in [9.17, 15) is 9.90 Å². The fraction of sp³-hybridized carbons (Fsp3) is 0.320. The Morgan fingerprint density at radius 2 is 2.19 bits per heavy atom. The minimum Gasteiger partial charge on any atom is -0.450 e. The van der Waals surface area contributed by atoms with E-state index in [0.717, 1.165) is 31.0 Å². The number of rotatable bonds is 7. The number of halogens is 1. The van der Waals surface area contributed by atoms with Crippen molar-refractivity contribution < 1.29 is 9.84 Å². The predicted octanol–water partition coefficient (Wildman–Crippen LogP) is 3.49. The van der Waals surface area contributed by atoms with Gasteiger partial charge in [-0.1, -0.05) is 11.6 Å². The number of nitrogens with one attached hydrogen (secondary N) is 3. The van der Waals surface area contributed by atoms with Gasteiger partial charge in [0.2, 0.25) is 5.95 Å². The molecule has 3 aromatic rings. The van der Waals surface area contributed by atoms with E-state index in [2.05, 4.69) is 25.6 Å². The molecule has 0 spiro atoms. The number of imidazole rings is 1. The lowest BCUT2D eigenvalue weighted by atomic mass is 9.88. The highest BCUT2D eigenvalue weighted by molar-refractivity contribution is 6.36. The second-order valence-electron chi connectivity index (χ2n) is 9.38. The highest BCUT2D eigenvalue weighted by Crippen LogP contribution is 2.42. The summed E-state index contributed by atoms with van der Waals surface area (Å²) >= 11 is 6.71. The second kappa shape index (κ2) is 9.16. The number of aromatic nitrogens is 4. The molecule has 2 saturated carbocycles. The molecule has 1 aliphatic heterocycles. The van der Waals surface area contributed by atoms with E-state index in [4.69, 9.17) is 21.7 Å². The fourth-order valence-electron chi connectivity index (χ4n) is 4.55. The lowest BCUT2D eigenvalue weighted by Gasteiger charge is -2.34. The van der Waals surface area contributed by atoms with Crippen LogP contribution >= 0.6 is 11.6 Å². The molecule has 0 radical (unpaired) electrons. The Kier molecular flexibility index (Phi) is 5.81. The number of aryl methyl sites for hydroxylation is 1. The molecule has 12 heteroatoms. The van der Waals surface area contributed by atoms with Gasteiger partial charge in [-0.2, -0.15) is 4.98 Å². The molecule has 3 aliphatic rings. The Bertz CT molecular complexity index is 1570. The Labute approximate surface area is 216 Å². The van der Waals surface area contributed by atoms with Crippen LogP contribution in [0.3, 0.4) is 0 Å². The van der Waals surface area contributed by atoms with E-state index in [1.165, 1.54) is 12.4 Å². The van der Waals surface area contributed by atoms with Crippen molar-refractivity contribution in [1.82, 2.24) is 24.4 Å². The molecule has 4 heterocycles. The van der Waals surface area contributed by atoms with E-state index in [0.29, 0.717) is 40.8 Å². The first-order valence-corrected chi connectivity index (χ1v) is 12.4. The third-order valence-electron chi connectivity index (χ3n) is 6.94. The maximum absolute atomic E-state index is 13.3. The molecule has 0 saturated heterocycles. The van der Waals surface area contributed by atoms with Gasteiger partial charge in [-0.15, -0.1) is 0 Å². The van der Waals surface area contributed by atoms with E-state index in [1.54, 1.807) is 28.6 Å². The maximum atomic E-state index is 13.3. The molecule has 190 valence electrons.